The van der Waals surface area contributed by atoms with Gasteiger partial charge in [-0.2, -0.15) is 0 Å². The van der Waals surface area contributed by atoms with Gasteiger partial charge in [-0.25, -0.2) is 0 Å². The largest absolute Gasteiger partial charge is 0.380 e. The second-order valence-electron chi connectivity index (χ2n) is 5.26. The van der Waals surface area contributed by atoms with Gasteiger partial charge in [-0.1, -0.05) is 35.0 Å². The summed E-state index contributed by atoms with van der Waals surface area (Å²) in [5.74, 6) is 0. The SMILES string of the molecule is CCNC(CCN1CCCOCC1)c1ccc(Br)cc1. The average molecular weight is 341 g/mol. The molecule has 1 aliphatic heterocycles. The molecule has 1 heterocycles. The molecule has 0 bridgehead atoms. The first-order valence-electron chi connectivity index (χ1n) is 7.58. The van der Waals surface area contributed by atoms with Crippen molar-refractivity contribution in [2.24, 2.45) is 0 Å². The van der Waals surface area contributed by atoms with E-state index in [1.165, 1.54) is 12.1 Å². The van der Waals surface area contributed by atoms with Gasteiger partial charge in [0.25, 0.3) is 0 Å². The molecule has 1 saturated heterocycles. The van der Waals surface area contributed by atoms with Crippen molar-refractivity contribution in [3.63, 3.8) is 0 Å². The quantitative estimate of drug-likeness (QED) is 0.860. The molecular formula is C16H25BrN2O. The molecule has 4 heteroatoms. The van der Waals surface area contributed by atoms with Gasteiger partial charge in [0.05, 0.1) is 6.61 Å². The smallest absolute Gasteiger partial charge is 0.0593 e. The van der Waals surface area contributed by atoms with Crippen LogP contribution in [0, 0.1) is 0 Å². The lowest BCUT2D eigenvalue weighted by Crippen LogP contribution is -2.31. The summed E-state index contributed by atoms with van der Waals surface area (Å²) < 4.78 is 6.65. The normalized spacial score (nSPS) is 18.7. The first-order valence-corrected chi connectivity index (χ1v) is 8.38. The van der Waals surface area contributed by atoms with Crippen molar-refractivity contribution in [1.82, 2.24) is 10.2 Å². The summed E-state index contributed by atoms with van der Waals surface area (Å²) >= 11 is 3.50. The number of rotatable bonds is 6. The Morgan fingerprint density at radius 1 is 1.25 bits per heavy atom. The van der Waals surface area contributed by atoms with Crippen LogP contribution in [-0.2, 0) is 4.74 Å². The van der Waals surface area contributed by atoms with Crippen molar-refractivity contribution in [2.45, 2.75) is 25.8 Å². The van der Waals surface area contributed by atoms with Crippen LogP contribution in [0.3, 0.4) is 0 Å². The third-order valence-electron chi connectivity index (χ3n) is 3.77. The van der Waals surface area contributed by atoms with Crippen molar-refractivity contribution in [3.05, 3.63) is 34.3 Å². The fraction of sp³-hybridized carbons (Fsp3) is 0.625. The van der Waals surface area contributed by atoms with E-state index in [1.54, 1.807) is 0 Å². The van der Waals surface area contributed by atoms with Gasteiger partial charge >= 0.3 is 0 Å². The summed E-state index contributed by atoms with van der Waals surface area (Å²) in [7, 11) is 0. The van der Waals surface area contributed by atoms with Crippen molar-refractivity contribution in [3.8, 4) is 0 Å². The molecule has 3 nitrogen and oxygen atoms in total. The van der Waals surface area contributed by atoms with Crippen LogP contribution >= 0.6 is 15.9 Å². The number of nitrogens with one attached hydrogen (secondary N) is 1. The van der Waals surface area contributed by atoms with E-state index in [9.17, 15) is 0 Å². The number of benzene rings is 1. The molecule has 1 aromatic rings. The lowest BCUT2D eigenvalue weighted by molar-refractivity contribution is 0.140. The molecule has 1 unspecified atom stereocenters. The molecule has 1 fully saturated rings. The van der Waals surface area contributed by atoms with Gasteiger partial charge < -0.3 is 15.0 Å². The summed E-state index contributed by atoms with van der Waals surface area (Å²) in [6, 6.07) is 9.11. The molecule has 1 aromatic carbocycles. The van der Waals surface area contributed by atoms with Gasteiger partial charge in [-0.05, 0) is 37.1 Å². The van der Waals surface area contributed by atoms with E-state index in [1.807, 2.05) is 0 Å². The Labute approximate surface area is 130 Å². The van der Waals surface area contributed by atoms with Gasteiger partial charge in [0.15, 0.2) is 0 Å². The Morgan fingerprint density at radius 2 is 2.05 bits per heavy atom. The van der Waals surface area contributed by atoms with Crippen LogP contribution < -0.4 is 5.32 Å². The Balaban J connectivity index is 1.89. The van der Waals surface area contributed by atoms with Crippen LogP contribution in [-0.4, -0.2) is 44.3 Å². The summed E-state index contributed by atoms with van der Waals surface area (Å²) in [4.78, 5) is 2.52. The zero-order valence-electron chi connectivity index (χ0n) is 12.3. The van der Waals surface area contributed by atoms with Crippen LogP contribution in [0.25, 0.3) is 0 Å². The summed E-state index contributed by atoms with van der Waals surface area (Å²) in [5.41, 5.74) is 1.38. The number of hydrogen-bond acceptors (Lipinski definition) is 3. The topological polar surface area (TPSA) is 24.5 Å². The first kappa shape index (κ1) is 16.0. The van der Waals surface area contributed by atoms with Crippen molar-refractivity contribution < 1.29 is 4.74 Å². The third-order valence-corrected chi connectivity index (χ3v) is 4.30. The van der Waals surface area contributed by atoms with E-state index in [4.69, 9.17) is 4.74 Å². The Bertz CT molecular complexity index is 375. The molecule has 0 saturated carbocycles. The Morgan fingerprint density at radius 3 is 2.80 bits per heavy atom. The lowest BCUT2D eigenvalue weighted by atomic mass is 10.0. The molecule has 0 aromatic heterocycles. The number of nitrogens with zero attached hydrogens (tertiary/aromatic N) is 1. The predicted octanol–water partition coefficient (Wildman–Crippen LogP) is 3.21. The maximum Gasteiger partial charge on any atom is 0.0593 e. The summed E-state index contributed by atoms with van der Waals surface area (Å²) in [5, 5.41) is 3.60. The van der Waals surface area contributed by atoms with Gasteiger partial charge in [-0.3, -0.25) is 0 Å². The lowest BCUT2D eigenvalue weighted by Gasteiger charge is -2.24. The Hall–Kier alpha value is -0.420. The molecule has 1 N–H and O–H groups in total. The molecule has 1 aliphatic rings. The van der Waals surface area contributed by atoms with E-state index < -0.39 is 0 Å². The van der Waals surface area contributed by atoms with E-state index in [-0.39, 0.29) is 0 Å². The predicted molar refractivity (Wildman–Crippen MR) is 87.1 cm³/mol. The summed E-state index contributed by atoms with van der Waals surface area (Å²) in [6.45, 7) is 8.34. The molecule has 1 atom stereocenters. The van der Waals surface area contributed by atoms with E-state index in [2.05, 4.69) is 57.3 Å². The molecule has 0 aliphatic carbocycles. The standard InChI is InChI=1S/C16H25BrN2O/c1-2-18-16(14-4-6-15(17)7-5-14)8-10-19-9-3-12-20-13-11-19/h4-7,16,18H,2-3,8-13H2,1H3. The first-order chi connectivity index (χ1) is 9.79. The number of ether oxygens (including phenoxy) is 1. The maximum atomic E-state index is 5.51. The van der Waals surface area contributed by atoms with E-state index in [0.29, 0.717) is 6.04 Å². The average Bonchev–Trinajstić information content (AvgIpc) is 2.73. The minimum atomic E-state index is 0.442. The van der Waals surface area contributed by atoms with Gasteiger partial charge in [0.1, 0.15) is 0 Å². The van der Waals surface area contributed by atoms with Gasteiger partial charge in [0, 0.05) is 36.8 Å². The number of halogens is 1. The van der Waals surface area contributed by atoms with Crippen molar-refractivity contribution >= 4 is 15.9 Å². The highest BCUT2D eigenvalue weighted by Crippen LogP contribution is 2.20. The van der Waals surface area contributed by atoms with Crippen molar-refractivity contribution in [1.29, 1.82) is 0 Å². The minimum Gasteiger partial charge on any atom is -0.380 e. The Kier molecular flexibility index (Phi) is 7.00. The highest BCUT2D eigenvalue weighted by molar-refractivity contribution is 9.10. The van der Waals surface area contributed by atoms with Crippen molar-refractivity contribution in [2.75, 3.05) is 39.4 Å². The molecular weight excluding hydrogens is 316 g/mol. The highest BCUT2D eigenvalue weighted by Gasteiger charge is 2.14. The van der Waals surface area contributed by atoms with Gasteiger partial charge in [-0.15, -0.1) is 0 Å². The molecule has 112 valence electrons. The fourth-order valence-corrected chi connectivity index (χ4v) is 2.93. The number of hydrogen-bond donors (Lipinski definition) is 1. The third kappa shape index (κ3) is 5.17. The monoisotopic (exact) mass is 340 g/mol. The van der Waals surface area contributed by atoms with E-state index in [0.717, 1.165) is 50.2 Å². The molecule has 0 amide bonds. The molecule has 0 spiro atoms. The fourth-order valence-electron chi connectivity index (χ4n) is 2.66. The zero-order chi connectivity index (χ0) is 14.2. The molecule has 2 rings (SSSR count). The van der Waals surface area contributed by atoms with Crippen LogP contribution in [0.2, 0.25) is 0 Å². The molecule has 20 heavy (non-hydrogen) atoms. The maximum absolute atomic E-state index is 5.51. The second kappa shape index (κ2) is 8.78. The van der Waals surface area contributed by atoms with E-state index >= 15 is 0 Å². The minimum absolute atomic E-state index is 0.442. The van der Waals surface area contributed by atoms with Crippen LogP contribution in [0.1, 0.15) is 31.4 Å². The summed E-state index contributed by atoms with van der Waals surface area (Å²) in [6.07, 6.45) is 2.31. The molecule has 0 radical (unpaired) electrons. The highest BCUT2D eigenvalue weighted by atomic mass is 79.9. The van der Waals surface area contributed by atoms with Crippen LogP contribution in [0.5, 0.6) is 0 Å². The second-order valence-corrected chi connectivity index (χ2v) is 6.17. The van der Waals surface area contributed by atoms with Gasteiger partial charge in [0.2, 0.25) is 0 Å². The van der Waals surface area contributed by atoms with Crippen LogP contribution in [0.4, 0.5) is 0 Å². The zero-order valence-corrected chi connectivity index (χ0v) is 13.9. The van der Waals surface area contributed by atoms with Crippen LogP contribution in [0.15, 0.2) is 28.7 Å².